The molecule has 0 amide bonds. The zero-order valence-corrected chi connectivity index (χ0v) is 8.47. The van der Waals surface area contributed by atoms with E-state index in [2.05, 4.69) is 5.32 Å². The van der Waals surface area contributed by atoms with E-state index < -0.39 is 0 Å². The summed E-state index contributed by atoms with van der Waals surface area (Å²) in [6.45, 7) is 4.00. The molecule has 0 aromatic rings. The van der Waals surface area contributed by atoms with Gasteiger partial charge < -0.3 is 10.1 Å². The Morgan fingerprint density at radius 3 is 2.33 bits per heavy atom. The Labute approximate surface area is 75.7 Å². The molecular formula is C10H21NO. The molecule has 1 N–H and O–H groups in total. The minimum Gasteiger partial charge on any atom is -0.311 e. The van der Waals surface area contributed by atoms with Gasteiger partial charge >= 0.3 is 0 Å². The van der Waals surface area contributed by atoms with Gasteiger partial charge in [-0.25, -0.2) is 0 Å². The van der Waals surface area contributed by atoms with Gasteiger partial charge in [0, 0.05) is 0 Å². The Kier molecular flexibility index (Phi) is 7.06. The van der Waals surface area contributed by atoms with Crippen molar-refractivity contribution in [3.8, 4) is 0 Å². The van der Waals surface area contributed by atoms with Gasteiger partial charge in [-0.2, -0.15) is 0 Å². The first-order valence-electron chi connectivity index (χ1n) is 4.99. The fraction of sp³-hybridized carbons (Fsp3) is 0.900. The van der Waals surface area contributed by atoms with Crippen LogP contribution in [0.5, 0.6) is 0 Å². The number of likely N-dealkylation sites (N-methyl/N-ethyl adjacent to an activating group) is 1. The van der Waals surface area contributed by atoms with Crippen molar-refractivity contribution in [2.24, 2.45) is 5.92 Å². The molecule has 0 unspecified atom stereocenters. The SMILES string of the molecule is CC.CN[C@H](C=O)CC1CCC1. The molecule has 2 heteroatoms. The average Bonchev–Trinajstić information content (AvgIpc) is 2.07. The first-order chi connectivity index (χ1) is 5.86. The molecule has 1 saturated carbocycles. The summed E-state index contributed by atoms with van der Waals surface area (Å²) in [5, 5.41) is 2.98. The van der Waals surface area contributed by atoms with E-state index in [9.17, 15) is 4.79 Å². The van der Waals surface area contributed by atoms with Crippen LogP contribution in [0.4, 0.5) is 0 Å². The van der Waals surface area contributed by atoms with Crippen molar-refractivity contribution >= 4 is 6.29 Å². The number of hydrogen-bond acceptors (Lipinski definition) is 2. The van der Waals surface area contributed by atoms with Crippen molar-refractivity contribution in [2.75, 3.05) is 7.05 Å². The van der Waals surface area contributed by atoms with Gasteiger partial charge in [-0.1, -0.05) is 33.1 Å². The van der Waals surface area contributed by atoms with Crippen LogP contribution in [0, 0.1) is 5.92 Å². The molecule has 0 aliphatic heterocycles. The lowest BCUT2D eigenvalue weighted by atomic mass is 9.81. The molecule has 0 aromatic heterocycles. The van der Waals surface area contributed by atoms with Crippen LogP contribution in [-0.4, -0.2) is 19.4 Å². The Bertz CT molecular complexity index is 110. The minimum atomic E-state index is 0.102. The minimum absolute atomic E-state index is 0.102. The summed E-state index contributed by atoms with van der Waals surface area (Å²) >= 11 is 0. The zero-order valence-electron chi connectivity index (χ0n) is 8.47. The molecule has 0 saturated heterocycles. The van der Waals surface area contributed by atoms with E-state index >= 15 is 0 Å². The van der Waals surface area contributed by atoms with E-state index in [0.29, 0.717) is 0 Å². The van der Waals surface area contributed by atoms with Crippen molar-refractivity contribution < 1.29 is 4.79 Å². The highest BCUT2D eigenvalue weighted by Gasteiger charge is 2.20. The molecule has 0 radical (unpaired) electrons. The van der Waals surface area contributed by atoms with Gasteiger partial charge in [0.25, 0.3) is 0 Å². The number of carbonyl (C=O) groups is 1. The van der Waals surface area contributed by atoms with Crippen LogP contribution in [0.2, 0.25) is 0 Å². The number of rotatable bonds is 4. The summed E-state index contributed by atoms with van der Waals surface area (Å²) in [7, 11) is 1.84. The van der Waals surface area contributed by atoms with Gasteiger partial charge in [0.05, 0.1) is 6.04 Å². The Morgan fingerprint density at radius 1 is 1.50 bits per heavy atom. The van der Waals surface area contributed by atoms with Crippen molar-refractivity contribution in [1.29, 1.82) is 0 Å². The molecule has 0 bridgehead atoms. The molecule has 1 atom stereocenters. The van der Waals surface area contributed by atoms with E-state index in [0.717, 1.165) is 18.6 Å². The zero-order chi connectivity index (χ0) is 9.40. The summed E-state index contributed by atoms with van der Waals surface area (Å²) in [6, 6.07) is 0.102. The summed E-state index contributed by atoms with van der Waals surface area (Å²) in [5.41, 5.74) is 0. The van der Waals surface area contributed by atoms with Gasteiger partial charge in [-0.15, -0.1) is 0 Å². The van der Waals surface area contributed by atoms with Crippen molar-refractivity contribution in [1.82, 2.24) is 5.32 Å². The van der Waals surface area contributed by atoms with E-state index in [1.807, 2.05) is 20.9 Å². The first kappa shape index (κ1) is 11.6. The van der Waals surface area contributed by atoms with Crippen LogP contribution in [0.15, 0.2) is 0 Å². The molecule has 1 aliphatic rings. The lowest BCUT2D eigenvalue weighted by Gasteiger charge is -2.27. The van der Waals surface area contributed by atoms with Crippen LogP contribution in [0.3, 0.4) is 0 Å². The summed E-state index contributed by atoms with van der Waals surface area (Å²) < 4.78 is 0. The first-order valence-corrected chi connectivity index (χ1v) is 4.99. The predicted molar refractivity (Wildman–Crippen MR) is 52.2 cm³/mol. The van der Waals surface area contributed by atoms with Crippen LogP contribution < -0.4 is 5.32 Å². The highest BCUT2D eigenvalue weighted by Crippen LogP contribution is 2.29. The number of aldehydes is 1. The van der Waals surface area contributed by atoms with Gasteiger partial charge in [-0.3, -0.25) is 0 Å². The third-order valence-corrected chi connectivity index (χ3v) is 2.35. The summed E-state index contributed by atoms with van der Waals surface area (Å²) in [6.07, 6.45) is 6.07. The molecule has 0 spiro atoms. The molecule has 0 aromatic carbocycles. The smallest absolute Gasteiger partial charge is 0.136 e. The van der Waals surface area contributed by atoms with E-state index in [1.54, 1.807) is 0 Å². The second-order valence-electron chi connectivity index (χ2n) is 3.06. The van der Waals surface area contributed by atoms with Crippen molar-refractivity contribution in [3.63, 3.8) is 0 Å². The molecule has 1 rings (SSSR count). The fourth-order valence-electron chi connectivity index (χ4n) is 1.33. The van der Waals surface area contributed by atoms with Gasteiger partial charge in [0.2, 0.25) is 0 Å². The maximum Gasteiger partial charge on any atom is 0.136 e. The normalized spacial score (nSPS) is 18.6. The second kappa shape index (κ2) is 7.29. The van der Waals surface area contributed by atoms with Crippen LogP contribution in [0.1, 0.15) is 39.5 Å². The van der Waals surface area contributed by atoms with E-state index in [1.165, 1.54) is 19.3 Å². The standard InChI is InChI=1S/C8H15NO.C2H6/c1-9-8(6-10)5-7-3-2-4-7;1-2/h6-9H,2-5H2,1H3;1-2H3/t8-;/m0./s1. The topological polar surface area (TPSA) is 29.1 Å². The molecule has 12 heavy (non-hydrogen) atoms. The van der Waals surface area contributed by atoms with Gasteiger partial charge in [0.15, 0.2) is 0 Å². The molecule has 1 fully saturated rings. The maximum atomic E-state index is 10.3. The molecule has 2 nitrogen and oxygen atoms in total. The Morgan fingerprint density at radius 2 is 2.08 bits per heavy atom. The number of carbonyl (C=O) groups excluding carboxylic acids is 1. The molecule has 72 valence electrons. The largest absolute Gasteiger partial charge is 0.311 e. The summed E-state index contributed by atoms with van der Waals surface area (Å²) in [5.74, 6) is 0.822. The predicted octanol–water partition coefficient (Wildman–Crippen LogP) is 1.99. The molecule has 1 aliphatic carbocycles. The van der Waals surface area contributed by atoms with Crippen LogP contribution >= 0.6 is 0 Å². The Balaban J connectivity index is 0.000000561. The fourth-order valence-corrected chi connectivity index (χ4v) is 1.33. The highest BCUT2D eigenvalue weighted by molar-refractivity contribution is 5.57. The lowest BCUT2D eigenvalue weighted by molar-refractivity contribution is -0.110. The average molecular weight is 171 g/mol. The van der Waals surface area contributed by atoms with Crippen molar-refractivity contribution in [2.45, 2.75) is 45.6 Å². The van der Waals surface area contributed by atoms with E-state index in [-0.39, 0.29) is 6.04 Å². The molecule has 0 heterocycles. The van der Waals surface area contributed by atoms with Crippen LogP contribution in [0.25, 0.3) is 0 Å². The molecular weight excluding hydrogens is 150 g/mol. The highest BCUT2D eigenvalue weighted by atomic mass is 16.1. The van der Waals surface area contributed by atoms with E-state index in [4.69, 9.17) is 0 Å². The van der Waals surface area contributed by atoms with Crippen LogP contribution in [-0.2, 0) is 4.79 Å². The second-order valence-corrected chi connectivity index (χ2v) is 3.06. The Hall–Kier alpha value is -0.370. The monoisotopic (exact) mass is 171 g/mol. The third kappa shape index (κ3) is 3.86. The van der Waals surface area contributed by atoms with Crippen molar-refractivity contribution in [3.05, 3.63) is 0 Å². The third-order valence-electron chi connectivity index (χ3n) is 2.35. The van der Waals surface area contributed by atoms with Gasteiger partial charge in [0.1, 0.15) is 6.29 Å². The van der Waals surface area contributed by atoms with Gasteiger partial charge in [-0.05, 0) is 19.4 Å². The maximum absolute atomic E-state index is 10.3. The summed E-state index contributed by atoms with van der Waals surface area (Å²) in [4.78, 5) is 10.3. The lowest BCUT2D eigenvalue weighted by Crippen LogP contribution is -2.31. The quantitative estimate of drug-likeness (QED) is 0.655. The number of hydrogen-bond donors (Lipinski definition) is 1. The number of nitrogens with one attached hydrogen (secondary N) is 1.